The van der Waals surface area contributed by atoms with E-state index in [4.69, 9.17) is 0 Å². The fourth-order valence-electron chi connectivity index (χ4n) is 1.30. The minimum atomic E-state index is 0.230. The second-order valence-corrected chi connectivity index (χ2v) is 5.80. The first kappa shape index (κ1) is 6.70. The van der Waals surface area contributed by atoms with E-state index in [9.17, 15) is 0 Å². The first-order valence-electron chi connectivity index (χ1n) is 3.67. The fraction of sp³-hybridized carbons (Fsp3) is 0.333. The molecule has 2 rings (SSSR count). The molecule has 0 spiro atoms. The van der Waals surface area contributed by atoms with Crippen LogP contribution in [0.3, 0.4) is 0 Å². The van der Waals surface area contributed by atoms with Gasteiger partial charge in [-0.25, -0.2) is 0 Å². The van der Waals surface area contributed by atoms with E-state index < -0.39 is 0 Å². The molecule has 0 bridgehead atoms. The molecule has 1 aliphatic rings. The van der Waals surface area contributed by atoms with Crippen molar-refractivity contribution in [3.63, 3.8) is 0 Å². The molecule has 1 aliphatic heterocycles. The predicted molar refractivity (Wildman–Crippen MR) is 45.0 cm³/mol. The molecule has 1 aromatic carbocycles. The van der Waals surface area contributed by atoms with Crippen molar-refractivity contribution >= 4 is 24.5 Å². The van der Waals surface area contributed by atoms with E-state index in [0.717, 1.165) is 0 Å². The Morgan fingerprint density at radius 1 is 1.20 bits per heavy atom. The van der Waals surface area contributed by atoms with Crippen LogP contribution in [0.5, 0.6) is 0 Å². The van der Waals surface area contributed by atoms with E-state index in [2.05, 4.69) is 24.3 Å². The van der Waals surface area contributed by atoms with Crippen molar-refractivity contribution in [1.82, 2.24) is 0 Å². The average molecular weight is 246 g/mol. The van der Waals surface area contributed by atoms with Crippen molar-refractivity contribution in [2.45, 2.75) is 17.3 Å². The molecule has 1 heterocycles. The molecular weight excluding hydrogens is 236 g/mol. The van der Waals surface area contributed by atoms with Crippen molar-refractivity contribution in [1.29, 1.82) is 0 Å². The van der Waals surface area contributed by atoms with Gasteiger partial charge in [-0.1, -0.05) is 0 Å². The molecule has 0 N–H and O–H groups in total. The van der Waals surface area contributed by atoms with Gasteiger partial charge < -0.3 is 0 Å². The topological polar surface area (TPSA) is 0 Å². The van der Waals surface area contributed by atoms with Gasteiger partial charge in [-0.05, 0) is 0 Å². The summed E-state index contributed by atoms with van der Waals surface area (Å²) in [6.07, 6.45) is 2.78. The maximum absolute atomic E-state index is 2.32. The third-order valence-electron chi connectivity index (χ3n) is 1.82. The van der Waals surface area contributed by atoms with Crippen molar-refractivity contribution in [3.8, 4) is 0 Å². The third-order valence-corrected chi connectivity index (χ3v) is 5.25. The summed E-state index contributed by atoms with van der Waals surface area (Å²) >= 11 is 0.230. The Bertz CT molecular complexity index is 205. The first-order chi connectivity index (χ1) is 4.97. The molecule has 1 heteroatoms. The van der Waals surface area contributed by atoms with E-state index in [1.54, 1.807) is 9.17 Å². The molecule has 0 nitrogen and oxygen atoms in total. The van der Waals surface area contributed by atoms with E-state index in [0.29, 0.717) is 0 Å². The summed E-state index contributed by atoms with van der Waals surface area (Å²) in [6, 6.07) is 8.95. The normalized spacial score (nSPS) is 16.4. The van der Waals surface area contributed by atoms with Gasteiger partial charge in [0, 0.05) is 0 Å². The molecule has 0 amide bonds. The summed E-state index contributed by atoms with van der Waals surface area (Å²) in [7, 11) is 0. The number of rotatable bonds is 0. The second kappa shape index (κ2) is 2.94. The summed E-state index contributed by atoms with van der Waals surface area (Å²) in [6.45, 7) is 0. The number of aryl methyl sites for hydroxylation is 1. The zero-order chi connectivity index (χ0) is 6.81. The van der Waals surface area contributed by atoms with Crippen LogP contribution in [0.25, 0.3) is 0 Å². The number of hydrogen-bond donors (Lipinski definition) is 0. The van der Waals surface area contributed by atoms with E-state index in [-0.39, 0.29) is 20.9 Å². The minimum absolute atomic E-state index is 0.230. The molecule has 0 radical (unpaired) electrons. The summed E-state index contributed by atoms with van der Waals surface area (Å²) in [5.74, 6) is 0. The van der Waals surface area contributed by atoms with Crippen LogP contribution in [0, 0.1) is 0 Å². The summed E-state index contributed by atoms with van der Waals surface area (Å²) < 4.78 is 3.22. The Balaban J connectivity index is 2.41. The molecule has 0 atom stereocenters. The molecule has 0 saturated heterocycles. The van der Waals surface area contributed by atoms with Crippen molar-refractivity contribution in [2.24, 2.45) is 0 Å². The molecule has 1 aromatic rings. The Morgan fingerprint density at radius 2 is 2.10 bits per heavy atom. The van der Waals surface area contributed by atoms with Gasteiger partial charge in [0.15, 0.2) is 0 Å². The van der Waals surface area contributed by atoms with Crippen LogP contribution in [0.1, 0.15) is 12.0 Å². The zero-order valence-corrected chi connectivity index (χ0v) is 8.17. The van der Waals surface area contributed by atoms with Crippen LogP contribution >= 0.6 is 0 Å². The van der Waals surface area contributed by atoms with Gasteiger partial charge in [0.25, 0.3) is 0 Å². The molecule has 10 heavy (non-hydrogen) atoms. The SMILES string of the molecule is c1ccc2c(c1)CCC[Te]2. The van der Waals surface area contributed by atoms with Crippen molar-refractivity contribution < 1.29 is 0 Å². The van der Waals surface area contributed by atoms with Gasteiger partial charge in [0.2, 0.25) is 0 Å². The van der Waals surface area contributed by atoms with Crippen LogP contribution in [-0.4, -0.2) is 20.9 Å². The van der Waals surface area contributed by atoms with E-state index in [1.807, 2.05) is 0 Å². The molecule has 52 valence electrons. The Labute approximate surface area is 71.7 Å². The summed E-state index contributed by atoms with van der Waals surface area (Å²) in [4.78, 5) is 0. The number of hydrogen-bond acceptors (Lipinski definition) is 0. The molecular formula is C9H10Te. The van der Waals surface area contributed by atoms with Gasteiger partial charge in [0.1, 0.15) is 0 Å². The van der Waals surface area contributed by atoms with E-state index in [1.165, 1.54) is 17.3 Å². The van der Waals surface area contributed by atoms with Crippen LogP contribution in [0.2, 0.25) is 4.47 Å². The van der Waals surface area contributed by atoms with Gasteiger partial charge in [0.05, 0.1) is 0 Å². The molecule has 0 aliphatic carbocycles. The van der Waals surface area contributed by atoms with Crippen LogP contribution in [-0.2, 0) is 6.42 Å². The monoisotopic (exact) mass is 248 g/mol. The summed E-state index contributed by atoms with van der Waals surface area (Å²) in [5, 5.41) is 0. The van der Waals surface area contributed by atoms with Gasteiger partial charge >= 0.3 is 71.7 Å². The third kappa shape index (κ3) is 1.21. The van der Waals surface area contributed by atoms with Crippen molar-refractivity contribution in [3.05, 3.63) is 29.8 Å². The first-order valence-corrected chi connectivity index (χ1v) is 6.49. The second-order valence-electron chi connectivity index (χ2n) is 2.56. The molecule has 0 fully saturated rings. The van der Waals surface area contributed by atoms with Gasteiger partial charge in [-0.15, -0.1) is 0 Å². The number of fused-ring (bicyclic) bond motifs is 1. The summed E-state index contributed by atoms with van der Waals surface area (Å²) in [5.41, 5.74) is 1.64. The Morgan fingerprint density at radius 3 is 3.00 bits per heavy atom. The van der Waals surface area contributed by atoms with Gasteiger partial charge in [-0.3, -0.25) is 0 Å². The van der Waals surface area contributed by atoms with Crippen LogP contribution in [0.4, 0.5) is 0 Å². The fourth-order valence-corrected chi connectivity index (χ4v) is 4.26. The van der Waals surface area contributed by atoms with Crippen molar-refractivity contribution in [2.75, 3.05) is 0 Å². The molecule has 0 unspecified atom stereocenters. The maximum atomic E-state index is 2.32. The standard InChI is InChI=1S/C9H10Te/c1-2-6-9-8(4-1)5-3-7-10-9/h1-2,4,6H,3,5,7H2. The number of benzene rings is 1. The predicted octanol–water partition coefficient (Wildman–Crippen LogP) is 1.38. The van der Waals surface area contributed by atoms with Crippen LogP contribution in [0.15, 0.2) is 24.3 Å². The van der Waals surface area contributed by atoms with E-state index >= 15 is 0 Å². The molecule has 0 aromatic heterocycles. The Kier molecular flexibility index (Phi) is 1.97. The van der Waals surface area contributed by atoms with Gasteiger partial charge in [-0.2, -0.15) is 0 Å². The average Bonchev–Trinajstić information content (AvgIpc) is 2.05. The quantitative estimate of drug-likeness (QED) is 0.606. The zero-order valence-electron chi connectivity index (χ0n) is 5.84. The molecule has 0 saturated carbocycles. The van der Waals surface area contributed by atoms with Crippen LogP contribution < -0.4 is 3.61 Å². The Hall–Kier alpha value is 0.00961.